The van der Waals surface area contributed by atoms with Gasteiger partial charge >= 0.3 is 0 Å². The van der Waals surface area contributed by atoms with Crippen molar-refractivity contribution >= 4 is 0 Å². The third-order valence-corrected chi connectivity index (χ3v) is 1.70. The number of hydrogen-bond acceptors (Lipinski definition) is 1. The molecule has 0 atom stereocenters. The molecule has 2 heteroatoms. The summed E-state index contributed by atoms with van der Waals surface area (Å²) in [7, 11) is 0. The first kappa shape index (κ1) is 8.05. The number of nitrogens with one attached hydrogen (secondary N) is 1. The molecule has 1 rings (SSSR count). The molecule has 0 saturated carbocycles. The van der Waals surface area contributed by atoms with E-state index in [2.05, 4.69) is 4.98 Å². The van der Waals surface area contributed by atoms with Crippen LogP contribution in [0.15, 0.2) is 17.1 Å². The van der Waals surface area contributed by atoms with E-state index in [0.717, 1.165) is 11.1 Å². The van der Waals surface area contributed by atoms with Gasteiger partial charge in [0, 0.05) is 11.8 Å². The second-order valence-electron chi connectivity index (χ2n) is 3.12. The quantitative estimate of drug-likeness (QED) is 0.652. The van der Waals surface area contributed by atoms with Crippen molar-refractivity contribution in [1.82, 2.24) is 4.98 Å². The van der Waals surface area contributed by atoms with Crippen LogP contribution < -0.4 is 5.56 Å². The molecule has 0 amide bonds. The van der Waals surface area contributed by atoms with Crippen molar-refractivity contribution in [2.45, 2.75) is 26.7 Å². The predicted molar refractivity (Wildman–Crippen MR) is 45.9 cm³/mol. The van der Waals surface area contributed by atoms with E-state index in [9.17, 15) is 4.79 Å². The summed E-state index contributed by atoms with van der Waals surface area (Å²) in [6.07, 6.45) is 1.73. The Morgan fingerprint density at radius 3 is 2.55 bits per heavy atom. The van der Waals surface area contributed by atoms with Crippen LogP contribution in [0.2, 0.25) is 0 Å². The molecule has 0 fully saturated rings. The fourth-order valence-electron chi connectivity index (χ4n) is 1.04. The smallest absolute Gasteiger partial charge is 0.251 e. The van der Waals surface area contributed by atoms with Crippen molar-refractivity contribution < 1.29 is 0 Å². The summed E-state index contributed by atoms with van der Waals surface area (Å²) >= 11 is 0. The second-order valence-corrected chi connectivity index (χ2v) is 3.12. The van der Waals surface area contributed by atoms with Crippen LogP contribution >= 0.6 is 0 Å². The van der Waals surface area contributed by atoms with Gasteiger partial charge in [0.25, 0.3) is 5.56 Å². The zero-order valence-corrected chi connectivity index (χ0v) is 7.14. The molecule has 0 aliphatic carbocycles. The van der Waals surface area contributed by atoms with Gasteiger partial charge in [0.1, 0.15) is 0 Å². The highest BCUT2D eigenvalue weighted by Crippen LogP contribution is 2.09. The molecular formula is C9H13NO. The minimum Gasteiger partial charge on any atom is -0.329 e. The molecule has 0 aromatic carbocycles. The third kappa shape index (κ3) is 1.70. The highest BCUT2D eigenvalue weighted by Gasteiger charge is 2.03. The summed E-state index contributed by atoms with van der Waals surface area (Å²) in [4.78, 5) is 13.9. The maximum absolute atomic E-state index is 11.2. The van der Waals surface area contributed by atoms with E-state index in [1.54, 1.807) is 6.20 Å². The van der Waals surface area contributed by atoms with E-state index in [0.29, 0.717) is 5.92 Å². The Hall–Kier alpha value is -1.05. The Labute approximate surface area is 66.3 Å². The Bertz CT molecular complexity index is 299. The van der Waals surface area contributed by atoms with E-state index in [1.165, 1.54) is 0 Å². The first-order chi connectivity index (χ1) is 5.11. The van der Waals surface area contributed by atoms with Crippen molar-refractivity contribution in [2.75, 3.05) is 0 Å². The summed E-state index contributed by atoms with van der Waals surface area (Å²) in [5.41, 5.74) is 2.00. The molecule has 1 aromatic rings. The summed E-state index contributed by atoms with van der Waals surface area (Å²) in [5, 5.41) is 0. The van der Waals surface area contributed by atoms with Gasteiger partial charge in [0.05, 0.1) is 0 Å². The number of rotatable bonds is 1. The molecule has 0 aliphatic heterocycles. The van der Waals surface area contributed by atoms with Crippen LogP contribution in [0, 0.1) is 6.92 Å². The first-order valence-corrected chi connectivity index (χ1v) is 3.80. The maximum atomic E-state index is 11.2. The standard InChI is InChI=1S/C9H13NO/c1-6(2)8-4-7(3)5-10-9(8)11/h4-6H,1-3H3,(H,10,11). The normalized spacial score (nSPS) is 10.5. The lowest BCUT2D eigenvalue weighted by molar-refractivity contribution is 0.841. The van der Waals surface area contributed by atoms with Crippen LogP contribution in [0.25, 0.3) is 0 Å². The number of H-pyrrole nitrogens is 1. The molecule has 60 valence electrons. The van der Waals surface area contributed by atoms with Gasteiger partial charge in [-0.2, -0.15) is 0 Å². The van der Waals surface area contributed by atoms with E-state index in [-0.39, 0.29) is 5.56 Å². The molecule has 0 bridgehead atoms. The van der Waals surface area contributed by atoms with Gasteiger partial charge in [-0.3, -0.25) is 4.79 Å². The summed E-state index contributed by atoms with van der Waals surface area (Å²) < 4.78 is 0. The Morgan fingerprint density at radius 1 is 1.45 bits per heavy atom. The van der Waals surface area contributed by atoms with Gasteiger partial charge in [-0.05, 0) is 24.5 Å². The first-order valence-electron chi connectivity index (χ1n) is 3.80. The van der Waals surface area contributed by atoms with Gasteiger partial charge in [0.15, 0.2) is 0 Å². The average Bonchev–Trinajstić information content (AvgIpc) is 1.94. The number of hydrogen-bond donors (Lipinski definition) is 1. The average molecular weight is 151 g/mol. The fraction of sp³-hybridized carbons (Fsp3) is 0.444. The van der Waals surface area contributed by atoms with Crippen molar-refractivity contribution in [1.29, 1.82) is 0 Å². The van der Waals surface area contributed by atoms with Crippen molar-refractivity contribution in [3.05, 3.63) is 33.7 Å². The summed E-state index contributed by atoms with van der Waals surface area (Å²) in [5.74, 6) is 0.304. The van der Waals surface area contributed by atoms with Gasteiger partial charge in [-0.25, -0.2) is 0 Å². The second kappa shape index (κ2) is 2.91. The van der Waals surface area contributed by atoms with Crippen LogP contribution in [0.4, 0.5) is 0 Å². The Kier molecular flexibility index (Phi) is 2.13. The van der Waals surface area contributed by atoms with Gasteiger partial charge in [-0.1, -0.05) is 13.8 Å². The number of aromatic amines is 1. The third-order valence-electron chi connectivity index (χ3n) is 1.70. The zero-order valence-electron chi connectivity index (χ0n) is 7.14. The number of pyridine rings is 1. The molecule has 1 heterocycles. The Morgan fingerprint density at radius 2 is 2.09 bits per heavy atom. The molecule has 0 radical (unpaired) electrons. The fourth-order valence-corrected chi connectivity index (χ4v) is 1.04. The van der Waals surface area contributed by atoms with Crippen LogP contribution in [0.5, 0.6) is 0 Å². The molecule has 1 aromatic heterocycles. The monoisotopic (exact) mass is 151 g/mol. The molecule has 11 heavy (non-hydrogen) atoms. The number of aryl methyl sites for hydroxylation is 1. The number of aromatic nitrogens is 1. The lowest BCUT2D eigenvalue weighted by Gasteiger charge is -2.03. The molecule has 0 unspecified atom stereocenters. The highest BCUT2D eigenvalue weighted by molar-refractivity contribution is 5.19. The van der Waals surface area contributed by atoms with E-state index < -0.39 is 0 Å². The van der Waals surface area contributed by atoms with Crippen molar-refractivity contribution in [3.63, 3.8) is 0 Å². The molecular weight excluding hydrogens is 138 g/mol. The molecule has 1 N–H and O–H groups in total. The minimum atomic E-state index is 0.0330. The SMILES string of the molecule is Cc1c[nH]c(=O)c(C(C)C)c1. The van der Waals surface area contributed by atoms with Crippen LogP contribution in [-0.4, -0.2) is 4.98 Å². The van der Waals surface area contributed by atoms with Crippen molar-refractivity contribution in [3.8, 4) is 0 Å². The van der Waals surface area contributed by atoms with E-state index in [4.69, 9.17) is 0 Å². The Balaban J connectivity index is 3.24. The molecule has 0 aliphatic rings. The van der Waals surface area contributed by atoms with Crippen molar-refractivity contribution in [2.24, 2.45) is 0 Å². The molecule has 2 nitrogen and oxygen atoms in total. The predicted octanol–water partition coefficient (Wildman–Crippen LogP) is 1.81. The van der Waals surface area contributed by atoms with Gasteiger partial charge < -0.3 is 4.98 Å². The summed E-state index contributed by atoms with van der Waals surface area (Å²) in [6.45, 7) is 6.01. The topological polar surface area (TPSA) is 32.9 Å². The van der Waals surface area contributed by atoms with E-state index in [1.807, 2.05) is 26.8 Å². The van der Waals surface area contributed by atoms with Crippen LogP contribution in [0.3, 0.4) is 0 Å². The lowest BCUT2D eigenvalue weighted by Crippen LogP contribution is -2.13. The minimum absolute atomic E-state index is 0.0330. The van der Waals surface area contributed by atoms with E-state index >= 15 is 0 Å². The summed E-state index contributed by atoms with van der Waals surface area (Å²) in [6, 6.07) is 1.93. The lowest BCUT2D eigenvalue weighted by atomic mass is 10.0. The van der Waals surface area contributed by atoms with Crippen LogP contribution in [-0.2, 0) is 0 Å². The maximum Gasteiger partial charge on any atom is 0.251 e. The molecule has 0 saturated heterocycles. The van der Waals surface area contributed by atoms with Gasteiger partial charge in [-0.15, -0.1) is 0 Å². The van der Waals surface area contributed by atoms with Gasteiger partial charge in [0.2, 0.25) is 0 Å². The highest BCUT2D eigenvalue weighted by atomic mass is 16.1. The van der Waals surface area contributed by atoms with Crippen LogP contribution in [0.1, 0.15) is 30.9 Å². The zero-order chi connectivity index (χ0) is 8.43. The largest absolute Gasteiger partial charge is 0.329 e. The molecule has 0 spiro atoms.